The average molecular weight is 374 g/mol. The molecule has 1 N–H and O–H groups in total. The molecule has 0 radical (unpaired) electrons. The molecule has 3 rings (SSSR count). The maximum Gasteiger partial charge on any atom is 0.265 e. The molecule has 0 fully saturated rings. The van der Waals surface area contributed by atoms with Gasteiger partial charge in [0.25, 0.3) is 5.91 Å². The maximum atomic E-state index is 12.3. The van der Waals surface area contributed by atoms with Crippen LogP contribution in [0.4, 0.5) is 5.69 Å². The quantitative estimate of drug-likeness (QED) is 0.881. The van der Waals surface area contributed by atoms with Gasteiger partial charge in [0.1, 0.15) is 5.75 Å². The molecule has 0 aromatic heterocycles. The molecule has 0 saturated carbocycles. The van der Waals surface area contributed by atoms with E-state index in [0.29, 0.717) is 29.8 Å². The molecule has 1 aliphatic rings. The Morgan fingerprint density at radius 1 is 1.17 bits per heavy atom. The van der Waals surface area contributed by atoms with Crippen molar-refractivity contribution in [3.05, 3.63) is 58.1 Å². The Hall–Kier alpha value is -2.14. The fourth-order valence-corrected chi connectivity index (χ4v) is 2.85. The van der Waals surface area contributed by atoms with Gasteiger partial charge < -0.3 is 10.1 Å². The summed E-state index contributed by atoms with van der Waals surface area (Å²) in [6.45, 7) is 1.70. The largest absolute Gasteiger partial charge is 0.481 e. The van der Waals surface area contributed by atoms with E-state index in [1.165, 1.54) is 0 Å². The van der Waals surface area contributed by atoms with Crippen LogP contribution < -0.4 is 10.1 Å². The summed E-state index contributed by atoms with van der Waals surface area (Å²) in [7, 11) is 0. The Kier molecular flexibility index (Phi) is 4.48. The lowest BCUT2D eigenvalue weighted by Crippen LogP contribution is -2.30. The zero-order valence-electron chi connectivity index (χ0n) is 12.6. The normalized spacial score (nSPS) is 14.3. The zero-order chi connectivity index (χ0) is 16.4. The molecule has 2 aromatic rings. The molecule has 0 unspecified atom stereocenters. The zero-order valence-corrected chi connectivity index (χ0v) is 14.2. The number of carbonyl (C=O) groups excluding carboxylic acids is 2. The fourth-order valence-electron chi connectivity index (χ4n) is 2.59. The molecule has 0 saturated heterocycles. The number of rotatable bonds is 4. The van der Waals surface area contributed by atoms with Crippen molar-refractivity contribution in [1.29, 1.82) is 0 Å². The van der Waals surface area contributed by atoms with E-state index in [1.807, 2.05) is 30.3 Å². The van der Waals surface area contributed by atoms with E-state index in [0.717, 1.165) is 10.0 Å². The Balaban J connectivity index is 1.70. The highest BCUT2D eigenvalue weighted by molar-refractivity contribution is 9.10. The Bertz CT molecular complexity index is 755. The minimum atomic E-state index is -0.652. The topological polar surface area (TPSA) is 55.4 Å². The van der Waals surface area contributed by atoms with E-state index >= 15 is 0 Å². The third-order valence-corrected chi connectivity index (χ3v) is 4.35. The third-order valence-electron chi connectivity index (χ3n) is 3.82. The molecule has 1 atom stereocenters. The molecular weight excluding hydrogens is 358 g/mol. The van der Waals surface area contributed by atoms with Crippen LogP contribution in [0.2, 0.25) is 0 Å². The first-order valence-corrected chi connectivity index (χ1v) is 8.22. The smallest absolute Gasteiger partial charge is 0.265 e. The molecule has 1 aliphatic carbocycles. The summed E-state index contributed by atoms with van der Waals surface area (Å²) in [6.07, 6.45) is 0.529. The number of Topliss-reactive ketones (excluding diaryl/α,β-unsaturated/α-hetero) is 1. The number of ketones is 1. The second-order valence-corrected chi connectivity index (χ2v) is 6.38. The van der Waals surface area contributed by atoms with Gasteiger partial charge in [-0.3, -0.25) is 9.59 Å². The van der Waals surface area contributed by atoms with Crippen molar-refractivity contribution in [3.8, 4) is 5.75 Å². The first-order valence-electron chi connectivity index (χ1n) is 7.43. The molecule has 5 heteroatoms. The highest BCUT2D eigenvalue weighted by atomic mass is 79.9. The summed E-state index contributed by atoms with van der Waals surface area (Å²) < 4.78 is 6.74. The Morgan fingerprint density at radius 2 is 1.91 bits per heavy atom. The lowest BCUT2D eigenvalue weighted by Gasteiger charge is -2.17. The third kappa shape index (κ3) is 3.45. The number of amides is 1. The van der Waals surface area contributed by atoms with Crippen molar-refractivity contribution < 1.29 is 14.3 Å². The van der Waals surface area contributed by atoms with Gasteiger partial charge in [-0.15, -0.1) is 0 Å². The van der Waals surface area contributed by atoms with E-state index in [2.05, 4.69) is 21.2 Å². The van der Waals surface area contributed by atoms with Crippen LogP contribution >= 0.6 is 15.9 Å². The minimum absolute atomic E-state index is 0.136. The number of nitrogens with one attached hydrogen (secondary N) is 1. The second kappa shape index (κ2) is 6.54. The van der Waals surface area contributed by atoms with Gasteiger partial charge in [-0.1, -0.05) is 28.1 Å². The molecule has 0 spiro atoms. The number of benzene rings is 2. The van der Waals surface area contributed by atoms with Crippen LogP contribution in [0.3, 0.4) is 0 Å². The molecule has 0 aliphatic heterocycles. The van der Waals surface area contributed by atoms with Gasteiger partial charge in [-0.25, -0.2) is 0 Å². The van der Waals surface area contributed by atoms with E-state index in [1.54, 1.807) is 19.1 Å². The maximum absolute atomic E-state index is 12.3. The van der Waals surface area contributed by atoms with Gasteiger partial charge in [0, 0.05) is 27.7 Å². The molecule has 2 aromatic carbocycles. The Morgan fingerprint density at radius 3 is 2.65 bits per heavy atom. The van der Waals surface area contributed by atoms with Gasteiger partial charge in [-0.2, -0.15) is 0 Å². The van der Waals surface area contributed by atoms with Gasteiger partial charge in [0.2, 0.25) is 0 Å². The highest BCUT2D eigenvalue weighted by Crippen LogP contribution is 2.31. The number of hydrogen-bond acceptors (Lipinski definition) is 3. The lowest BCUT2D eigenvalue weighted by molar-refractivity contribution is -0.122. The van der Waals surface area contributed by atoms with Crippen LogP contribution in [0.1, 0.15) is 29.3 Å². The summed E-state index contributed by atoms with van der Waals surface area (Å²) in [6, 6.07) is 12.7. The Labute approximate surface area is 143 Å². The van der Waals surface area contributed by atoms with Crippen LogP contribution in [0.25, 0.3) is 0 Å². The number of hydrogen-bond donors (Lipinski definition) is 1. The number of carbonyl (C=O) groups is 2. The van der Waals surface area contributed by atoms with E-state index in [9.17, 15) is 9.59 Å². The predicted molar refractivity (Wildman–Crippen MR) is 92.0 cm³/mol. The van der Waals surface area contributed by atoms with Crippen LogP contribution in [0, 0.1) is 0 Å². The summed E-state index contributed by atoms with van der Waals surface area (Å²) in [5.74, 6) is 0.526. The summed E-state index contributed by atoms with van der Waals surface area (Å²) in [4.78, 5) is 24.0. The van der Waals surface area contributed by atoms with Crippen LogP contribution in [0.15, 0.2) is 46.9 Å². The van der Waals surface area contributed by atoms with E-state index < -0.39 is 6.10 Å². The van der Waals surface area contributed by atoms with Crippen molar-refractivity contribution in [1.82, 2.24) is 0 Å². The molecule has 0 bridgehead atoms. The molecule has 118 valence electrons. The number of halogens is 1. The van der Waals surface area contributed by atoms with Crippen molar-refractivity contribution in [2.75, 3.05) is 5.32 Å². The fraction of sp³-hybridized carbons (Fsp3) is 0.222. The van der Waals surface area contributed by atoms with E-state index in [-0.39, 0.29) is 11.7 Å². The van der Waals surface area contributed by atoms with Gasteiger partial charge in [-0.05, 0) is 43.7 Å². The summed E-state index contributed by atoms with van der Waals surface area (Å²) in [5.41, 5.74) is 2.32. The predicted octanol–water partition coefficient (Wildman–Crippen LogP) is 3.98. The average Bonchev–Trinajstić information content (AvgIpc) is 2.92. The van der Waals surface area contributed by atoms with Crippen molar-refractivity contribution in [3.63, 3.8) is 0 Å². The summed E-state index contributed by atoms with van der Waals surface area (Å²) >= 11 is 3.35. The second-order valence-electron chi connectivity index (χ2n) is 5.46. The standard InChI is InChI=1S/C18H16BrNO3/c1-11(18(22)20-13-7-5-12(19)6-8-13)23-17-4-2-3-14-15(17)9-10-16(14)21/h2-8,11H,9-10H2,1H3,(H,20,22)/t11-/m0/s1. The monoisotopic (exact) mass is 373 g/mol. The van der Waals surface area contributed by atoms with Gasteiger partial charge >= 0.3 is 0 Å². The number of ether oxygens (including phenoxy) is 1. The first kappa shape index (κ1) is 15.7. The highest BCUT2D eigenvalue weighted by Gasteiger charge is 2.24. The number of fused-ring (bicyclic) bond motifs is 1. The van der Waals surface area contributed by atoms with Crippen molar-refractivity contribution in [2.45, 2.75) is 25.9 Å². The van der Waals surface area contributed by atoms with E-state index in [4.69, 9.17) is 4.74 Å². The van der Waals surface area contributed by atoms with Crippen molar-refractivity contribution in [2.24, 2.45) is 0 Å². The number of anilines is 1. The molecule has 1 amide bonds. The molecule has 0 heterocycles. The van der Waals surface area contributed by atoms with Crippen molar-refractivity contribution >= 4 is 33.3 Å². The molecule has 23 heavy (non-hydrogen) atoms. The van der Waals surface area contributed by atoms with Gasteiger partial charge in [0.15, 0.2) is 11.9 Å². The molecular formula is C18H16BrNO3. The first-order chi connectivity index (χ1) is 11.0. The van der Waals surface area contributed by atoms with Gasteiger partial charge in [0.05, 0.1) is 0 Å². The van der Waals surface area contributed by atoms with Crippen LogP contribution in [-0.4, -0.2) is 17.8 Å². The molecule has 4 nitrogen and oxygen atoms in total. The lowest BCUT2D eigenvalue weighted by atomic mass is 10.1. The minimum Gasteiger partial charge on any atom is -0.481 e. The summed E-state index contributed by atoms with van der Waals surface area (Å²) in [5, 5.41) is 2.81. The SMILES string of the molecule is C[C@H](Oc1cccc2c1CCC2=O)C(=O)Nc1ccc(Br)cc1. The van der Waals surface area contributed by atoms with Crippen LogP contribution in [0.5, 0.6) is 5.75 Å². The van der Waals surface area contributed by atoms with Crippen LogP contribution in [-0.2, 0) is 11.2 Å².